The Morgan fingerprint density at radius 2 is 1.67 bits per heavy atom. The predicted octanol–water partition coefficient (Wildman–Crippen LogP) is 1.44. The van der Waals surface area contributed by atoms with E-state index in [0.717, 1.165) is 4.68 Å². The molecule has 9 heteroatoms. The molecule has 2 N–H and O–H groups in total. The lowest BCUT2D eigenvalue weighted by atomic mass is 9.87. The molecular weight excluding hydrogens is 386 g/mol. The van der Waals surface area contributed by atoms with Crippen molar-refractivity contribution in [1.82, 2.24) is 25.5 Å². The van der Waals surface area contributed by atoms with E-state index in [1.807, 2.05) is 6.07 Å². The standard InChI is InChI=1S/C21H19N5O4/c1-3-21(13-9-5-4-6-10-13)19(29)26(20(30)22-21)24-17(27)16-14-11-7-8-12-15(14)18(28)25(2)23-16/h4-12H,3H2,1-2H3,(H,22,30)(H,24,27). The van der Waals surface area contributed by atoms with Crippen LogP contribution in [0.4, 0.5) is 4.79 Å². The Morgan fingerprint density at radius 1 is 1.03 bits per heavy atom. The quantitative estimate of drug-likeness (QED) is 0.638. The van der Waals surface area contributed by atoms with Gasteiger partial charge in [-0.15, -0.1) is 0 Å². The zero-order chi connectivity index (χ0) is 21.5. The first-order valence-electron chi connectivity index (χ1n) is 9.38. The fraction of sp³-hybridized carbons (Fsp3) is 0.190. The molecule has 4 amide bonds. The van der Waals surface area contributed by atoms with Crippen molar-refractivity contribution in [2.45, 2.75) is 18.9 Å². The molecule has 0 saturated carbocycles. The van der Waals surface area contributed by atoms with Gasteiger partial charge in [-0.25, -0.2) is 9.48 Å². The minimum atomic E-state index is -1.27. The number of carbonyl (C=O) groups excluding carboxylic acids is 3. The fourth-order valence-corrected chi connectivity index (χ4v) is 3.66. The second-order valence-corrected chi connectivity index (χ2v) is 6.96. The third kappa shape index (κ3) is 2.83. The van der Waals surface area contributed by atoms with Crippen molar-refractivity contribution in [3.8, 4) is 0 Å². The number of aryl methyl sites for hydroxylation is 1. The zero-order valence-electron chi connectivity index (χ0n) is 16.4. The normalized spacial score (nSPS) is 18.5. The van der Waals surface area contributed by atoms with Gasteiger partial charge in [0.05, 0.1) is 5.39 Å². The van der Waals surface area contributed by atoms with Crippen LogP contribution in [0.2, 0.25) is 0 Å². The number of aromatic nitrogens is 2. The topological polar surface area (TPSA) is 113 Å². The maximum absolute atomic E-state index is 13.2. The lowest BCUT2D eigenvalue weighted by molar-refractivity contribution is -0.133. The molecule has 1 aliphatic rings. The molecule has 1 atom stereocenters. The third-order valence-electron chi connectivity index (χ3n) is 5.27. The number of imide groups is 1. The van der Waals surface area contributed by atoms with Gasteiger partial charge in [-0.2, -0.15) is 10.1 Å². The highest BCUT2D eigenvalue weighted by atomic mass is 16.2. The summed E-state index contributed by atoms with van der Waals surface area (Å²) < 4.78 is 1.05. The van der Waals surface area contributed by atoms with Gasteiger partial charge in [0, 0.05) is 12.4 Å². The number of hydrogen-bond acceptors (Lipinski definition) is 5. The van der Waals surface area contributed by atoms with E-state index in [4.69, 9.17) is 0 Å². The molecule has 2 heterocycles. The number of hydrazine groups is 1. The number of fused-ring (bicyclic) bond motifs is 1. The van der Waals surface area contributed by atoms with Crippen LogP contribution in [0, 0.1) is 0 Å². The van der Waals surface area contributed by atoms with Gasteiger partial charge in [-0.1, -0.05) is 55.5 Å². The molecular formula is C21H19N5O4. The molecule has 0 bridgehead atoms. The SMILES string of the molecule is CCC1(c2ccccc2)NC(=O)N(NC(=O)c2nn(C)c(=O)c3ccccc23)C1=O. The van der Waals surface area contributed by atoms with E-state index >= 15 is 0 Å². The average Bonchev–Trinajstić information content (AvgIpc) is 3.02. The van der Waals surface area contributed by atoms with Gasteiger partial charge in [0.15, 0.2) is 5.69 Å². The average molecular weight is 405 g/mol. The van der Waals surface area contributed by atoms with E-state index in [2.05, 4.69) is 15.8 Å². The molecule has 4 rings (SSSR count). The summed E-state index contributed by atoms with van der Waals surface area (Å²) in [4.78, 5) is 51.0. The Balaban J connectivity index is 1.70. The van der Waals surface area contributed by atoms with Crippen molar-refractivity contribution in [1.29, 1.82) is 0 Å². The Labute approximate surface area is 171 Å². The van der Waals surface area contributed by atoms with E-state index < -0.39 is 23.4 Å². The number of carbonyl (C=O) groups is 3. The molecule has 1 unspecified atom stereocenters. The lowest BCUT2D eigenvalue weighted by Crippen LogP contribution is -2.49. The van der Waals surface area contributed by atoms with Crippen LogP contribution in [0.5, 0.6) is 0 Å². The van der Waals surface area contributed by atoms with Crippen LogP contribution in [0.3, 0.4) is 0 Å². The molecule has 2 aromatic carbocycles. The highest BCUT2D eigenvalue weighted by Crippen LogP contribution is 2.31. The van der Waals surface area contributed by atoms with Crippen LogP contribution in [0.25, 0.3) is 10.8 Å². The first-order valence-corrected chi connectivity index (χ1v) is 9.38. The van der Waals surface area contributed by atoms with Gasteiger partial charge in [0.2, 0.25) is 0 Å². The summed E-state index contributed by atoms with van der Waals surface area (Å²) >= 11 is 0. The zero-order valence-corrected chi connectivity index (χ0v) is 16.4. The number of benzene rings is 2. The number of amides is 4. The highest BCUT2D eigenvalue weighted by Gasteiger charge is 2.52. The molecule has 3 aromatic rings. The van der Waals surface area contributed by atoms with Crippen LogP contribution in [-0.4, -0.2) is 32.6 Å². The molecule has 0 aliphatic carbocycles. The third-order valence-corrected chi connectivity index (χ3v) is 5.27. The molecule has 1 aromatic heterocycles. The van der Waals surface area contributed by atoms with Gasteiger partial charge in [-0.05, 0) is 18.1 Å². The second-order valence-electron chi connectivity index (χ2n) is 6.96. The molecule has 1 fully saturated rings. The molecule has 30 heavy (non-hydrogen) atoms. The second kappa shape index (κ2) is 7.11. The monoisotopic (exact) mass is 405 g/mol. The molecule has 0 spiro atoms. The lowest BCUT2D eigenvalue weighted by Gasteiger charge is -2.25. The summed E-state index contributed by atoms with van der Waals surface area (Å²) in [7, 11) is 1.43. The summed E-state index contributed by atoms with van der Waals surface area (Å²) in [5.41, 5.74) is 1.27. The first-order chi connectivity index (χ1) is 14.4. The Morgan fingerprint density at radius 3 is 2.33 bits per heavy atom. The van der Waals surface area contributed by atoms with Crippen molar-refractivity contribution in [3.05, 3.63) is 76.2 Å². The summed E-state index contributed by atoms with van der Waals surface area (Å²) in [6.07, 6.45) is 0.301. The molecule has 0 radical (unpaired) electrons. The van der Waals surface area contributed by atoms with Gasteiger partial charge in [-0.3, -0.25) is 19.8 Å². The van der Waals surface area contributed by atoms with Crippen LogP contribution in [0.1, 0.15) is 29.4 Å². The predicted molar refractivity (Wildman–Crippen MR) is 108 cm³/mol. The van der Waals surface area contributed by atoms with E-state index in [1.54, 1.807) is 55.5 Å². The van der Waals surface area contributed by atoms with E-state index in [1.165, 1.54) is 7.05 Å². The van der Waals surface area contributed by atoms with Gasteiger partial charge >= 0.3 is 6.03 Å². The molecule has 1 aliphatic heterocycles. The van der Waals surface area contributed by atoms with Crippen LogP contribution >= 0.6 is 0 Å². The smallest absolute Gasteiger partial charge is 0.318 e. The van der Waals surface area contributed by atoms with Crippen molar-refractivity contribution < 1.29 is 14.4 Å². The summed E-state index contributed by atoms with van der Waals surface area (Å²) in [5, 5.41) is 8.03. The van der Waals surface area contributed by atoms with Gasteiger partial charge < -0.3 is 5.32 Å². The number of urea groups is 1. The molecule has 1 saturated heterocycles. The number of nitrogens with one attached hydrogen (secondary N) is 2. The van der Waals surface area contributed by atoms with Crippen LogP contribution in [0.15, 0.2) is 59.4 Å². The number of nitrogens with zero attached hydrogens (tertiary/aromatic N) is 3. The van der Waals surface area contributed by atoms with Crippen LogP contribution < -0.4 is 16.3 Å². The van der Waals surface area contributed by atoms with Crippen molar-refractivity contribution >= 4 is 28.6 Å². The van der Waals surface area contributed by atoms with Crippen molar-refractivity contribution in [2.75, 3.05) is 0 Å². The molecule has 9 nitrogen and oxygen atoms in total. The Kier molecular flexibility index (Phi) is 4.57. The molecule has 152 valence electrons. The van der Waals surface area contributed by atoms with Crippen LogP contribution in [-0.2, 0) is 17.4 Å². The van der Waals surface area contributed by atoms with E-state index in [-0.39, 0.29) is 11.3 Å². The largest absolute Gasteiger partial charge is 0.344 e. The number of hydrogen-bond donors (Lipinski definition) is 2. The van der Waals surface area contributed by atoms with Crippen molar-refractivity contribution in [2.24, 2.45) is 7.05 Å². The van der Waals surface area contributed by atoms with E-state index in [9.17, 15) is 19.2 Å². The Hall–Kier alpha value is -4.01. The summed E-state index contributed by atoms with van der Waals surface area (Å²) in [6, 6.07) is 14.6. The minimum Gasteiger partial charge on any atom is -0.318 e. The van der Waals surface area contributed by atoms with Gasteiger partial charge in [0.25, 0.3) is 17.4 Å². The maximum Gasteiger partial charge on any atom is 0.344 e. The highest BCUT2D eigenvalue weighted by molar-refractivity contribution is 6.11. The maximum atomic E-state index is 13.2. The summed E-state index contributed by atoms with van der Waals surface area (Å²) in [5.74, 6) is -1.37. The minimum absolute atomic E-state index is 0.0676. The van der Waals surface area contributed by atoms with E-state index in [0.29, 0.717) is 27.8 Å². The number of rotatable bonds is 4. The summed E-state index contributed by atoms with van der Waals surface area (Å²) in [6.45, 7) is 1.78. The Bertz CT molecular complexity index is 1240. The fourth-order valence-electron chi connectivity index (χ4n) is 3.66. The van der Waals surface area contributed by atoms with Gasteiger partial charge in [0.1, 0.15) is 5.54 Å². The first kappa shape index (κ1) is 19.3. The van der Waals surface area contributed by atoms with Crippen molar-refractivity contribution in [3.63, 3.8) is 0 Å².